The fraction of sp³-hybridized carbons (Fsp3) is 0.718. The van der Waals surface area contributed by atoms with Crippen LogP contribution in [0.3, 0.4) is 0 Å². The van der Waals surface area contributed by atoms with E-state index < -0.39 is 37.8 Å². The molecular weight excluding hydrogens is 713 g/mol. The number of nitrogens with one attached hydrogen (secondary N) is 3. The molecule has 2 saturated heterocycles. The Kier molecular flexibility index (Phi) is 11.7. The molecule has 2 unspecified atom stereocenters. The second kappa shape index (κ2) is 15.3. The highest BCUT2D eigenvalue weighted by Crippen LogP contribution is 2.53. The number of likely N-dealkylation sites (tertiary alicyclic amines) is 1. The van der Waals surface area contributed by atoms with Gasteiger partial charge >= 0.3 is 6.09 Å². The van der Waals surface area contributed by atoms with Crippen molar-refractivity contribution in [2.75, 3.05) is 40.4 Å². The van der Waals surface area contributed by atoms with Crippen LogP contribution in [0.2, 0.25) is 0 Å². The lowest BCUT2D eigenvalue weighted by molar-refractivity contribution is -0.00759. The summed E-state index contributed by atoms with van der Waals surface area (Å²) in [5.41, 5.74) is 3.09. The SMILES string of the molecule is COc1ccc2c(n1)[C@@H](N[S+]([O-])C(C)(C)C)C1(CCN(C(=O)OC(C)(C)CCC(C)(C)[S+]([O-])N[C@@H]3c4nc(OC)ccc4CC34CCNCC4)CC1)C2. The number of methoxy groups -OCH3 is 2. The van der Waals surface area contributed by atoms with Gasteiger partial charge in [-0.05, 0) is 118 Å². The first kappa shape index (κ1) is 40.3. The van der Waals surface area contributed by atoms with E-state index in [4.69, 9.17) is 24.2 Å². The van der Waals surface area contributed by atoms with E-state index in [1.807, 2.05) is 60.6 Å². The minimum absolute atomic E-state index is 0.0507. The maximum absolute atomic E-state index is 14.2. The number of rotatable bonds is 11. The van der Waals surface area contributed by atoms with Crippen LogP contribution in [-0.4, -0.2) is 85.6 Å². The maximum atomic E-state index is 14.2. The molecule has 3 N–H and O–H groups in total. The van der Waals surface area contributed by atoms with E-state index in [1.165, 1.54) is 5.56 Å². The van der Waals surface area contributed by atoms with Crippen LogP contribution in [0.15, 0.2) is 24.3 Å². The van der Waals surface area contributed by atoms with Crippen molar-refractivity contribution in [1.29, 1.82) is 0 Å². The van der Waals surface area contributed by atoms with Crippen LogP contribution in [0, 0.1) is 10.8 Å². The fourth-order valence-electron chi connectivity index (χ4n) is 8.49. The van der Waals surface area contributed by atoms with Crippen molar-refractivity contribution in [2.24, 2.45) is 10.8 Å². The first-order chi connectivity index (χ1) is 24.9. The average Bonchev–Trinajstić information content (AvgIpc) is 3.56. The molecule has 0 saturated carbocycles. The second-order valence-corrected chi connectivity index (χ2v) is 21.6. The summed E-state index contributed by atoms with van der Waals surface area (Å²) in [6.45, 7) is 16.7. The van der Waals surface area contributed by atoms with Gasteiger partial charge in [-0.15, -0.1) is 9.44 Å². The summed E-state index contributed by atoms with van der Waals surface area (Å²) in [4.78, 5) is 25.1. The third kappa shape index (κ3) is 8.44. The molecule has 53 heavy (non-hydrogen) atoms. The molecular formula is C39H60N6O6S2. The first-order valence-corrected chi connectivity index (χ1v) is 21.3. The molecule has 0 aromatic carbocycles. The minimum Gasteiger partial charge on any atom is -0.598 e. The zero-order valence-electron chi connectivity index (χ0n) is 33.1. The van der Waals surface area contributed by atoms with Crippen LogP contribution in [0.5, 0.6) is 11.8 Å². The number of hydrogen-bond donors (Lipinski definition) is 3. The number of amides is 1. The van der Waals surface area contributed by atoms with Crippen LogP contribution in [0.25, 0.3) is 0 Å². The summed E-state index contributed by atoms with van der Waals surface area (Å²) >= 11 is -2.70. The molecule has 6 rings (SSSR count). The second-order valence-electron chi connectivity index (χ2n) is 17.8. The zero-order valence-corrected chi connectivity index (χ0v) is 34.7. The lowest BCUT2D eigenvalue weighted by atomic mass is 9.73. The Balaban J connectivity index is 1.07. The van der Waals surface area contributed by atoms with Gasteiger partial charge < -0.3 is 33.5 Å². The molecule has 12 nitrogen and oxygen atoms in total. The van der Waals surface area contributed by atoms with Crippen LogP contribution < -0.4 is 24.2 Å². The van der Waals surface area contributed by atoms with Gasteiger partial charge in [-0.3, -0.25) is 0 Å². The van der Waals surface area contributed by atoms with Gasteiger partial charge in [0.1, 0.15) is 27.2 Å². The molecule has 2 fully saturated rings. The van der Waals surface area contributed by atoms with Crippen molar-refractivity contribution in [3.8, 4) is 11.8 Å². The summed E-state index contributed by atoms with van der Waals surface area (Å²) in [7, 11) is 3.23. The Morgan fingerprint density at radius 2 is 1.30 bits per heavy atom. The third-order valence-electron chi connectivity index (χ3n) is 12.1. The minimum atomic E-state index is -1.40. The topological polar surface area (TPSA) is 156 Å². The molecule has 4 heterocycles. The largest absolute Gasteiger partial charge is 0.598 e. The Morgan fingerprint density at radius 3 is 1.79 bits per heavy atom. The van der Waals surface area contributed by atoms with Gasteiger partial charge in [-0.1, -0.05) is 12.1 Å². The van der Waals surface area contributed by atoms with Crippen LogP contribution in [0.1, 0.15) is 122 Å². The quantitative estimate of drug-likeness (QED) is 0.244. The average molecular weight is 773 g/mol. The van der Waals surface area contributed by atoms with E-state index in [-0.39, 0.29) is 29.0 Å². The van der Waals surface area contributed by atoms with Gasteiger partial charge in [0, 0.05) is 65.2 Å². The molecule has 0 bridgehead atoms. The summed E-state index contributed by atoms with van der Waals surface area (Å²) in [5.74, 6) is 1.10. The summed E-state index contributed by atoms with van der Waals surface area (Å²) in [5, 5.41) is 3.48. The molecule has 2 aliphatic carbocycles. The van der Waals surface area contributed by atoms with E-state index in [0.29, 0.717) is 37.7 Å². The highest BCUT2D eigenvalue weighted by molar-refractivity contribution is 7.91. The Bertz CT molecular complexity index is 1620. The monoisotopic (exact) mass is 772 g/mol. The van der Waals surface area contributed by atoms with Gasteiger partial charge in [0.05, 0.1) is 25.6 Å². The zero-order chi connectivity index (χ0) is 38.4. The number of ether oxygens (including phenoxy) is 3. The predicted molar refractivity (Wildman–Crippen MR) is 208 cm³/mol. The highest BCUT2D eigenvalue weighted by atomic mass is 32.2. The molecule has 0 radical (unpaired) electrons. The summed E-state index contributed by atoms with van der Waals surface area (Å²) in [6, 6.07) is 7.59. The summed E-state index contributed by atoms with van der Waals surface area (Å²) in [6.07, 6.45) is 5.90. The Hall–Kier alpha value is -2.33. The number of hydrogen-bond acceptors (Lipinski definition) is 11. The van der Waals surface area contributed by atoms with Crippen LogP contribution >= 0.6 is 0 Å². The van der Waals surface area contributed by atoms with Crippen molar-refractivity contribution < 1.29 is 28.1 Å². The highest BCUT2D eigenvalue weighted by Gasteiger charge is 2.53. The number of nitrogens with zero attached hydrogens (tertiary/aromatic N) is 3. The predicted octanol–water partition coefficient (Wildman–Crippen LogP) is 5.62. The van der Waals surface area contributed by atoms with Gasteiger partial charge in [-0.25, -0.2) is 14.8 Å². The molecule has 14 heteroatoms. The normalized spacial score (nSPS) is 23.4. The molecule has 2 aromatic rings. The van der Waals surface area contributed by atoms with Crippen molar-refractivity contribution >= 4 is 28.8 Å². The van der Waals surface area contributed by atoms with Crippen molar-refractivity contribution in [3.63, 3.8) is 0 Å². The molecule has 1 amide bonds. The fourth-order valence-corrected chi connectivity index (χ4v) is 10.6. The smallest absolute Gasteiger partial charge is 0.410 e. The summed E-state index contributed by atoms with van der Waals surface area (Å²) < 4.78 is 50.6. The van der Waals surface area contributed by atoms with E-state index in [0.717, 1.165) is 68.6 Å². The van der Waals surface area contributed by atoms with Crippen molar-refractivity contribution in [1.82, 2.24) is 29.6 Å². The maximum Gasteiger partial charge on any atom is 0.410 e. The van der Waals surface area contributed by atoms with Gasteiger partial charge in [0.15, 0.2) is 0 Å². The van der Waals surface area contributed by atoms with Crippen molar-refractivity contribution in [3.05, 3.63) is 46.8 Å². The molecule has 294 valence electrons. The molecule has 2 aliphatic heterocycles. The van der Waals surface area contributed by atoms with E-state index in [2.05, 4.69) is 26.9 Å². The number of carbonyl (C=O) groups excluding carboxylic acids is 1. The van der Waals surface area contributed by atoms with E-state index >= 15 is 0 Å². The van der Waals surface area contributed by atoms with E-state index in [1.54, 1.807) is 19.1 Å². The third-order valence-corrected chi connectivity index (χ3v) is 15.3. The molecule has 2 spiro atoms. The van der Waals surface area contributed by atoms with Crippen molar-refractivity contribution in [2.45, 2.75) is 127 Å². The number of carbonyl (C=O) groups is 1. The van der Waals surface area contributed by atoms with Gasteiger partial charge in [-0.2, -0.15) is 0 Å². The number of fused-ring (bicyclic) bond motifs is 2. The van der Waals surface area contributed by atoms with Gasteiger partial charge in [0.25, 0.3) is 0 Å². The Labute approximate surface area is 322 Å². The van der Waals surface area contributed by atoms with Crippen LogP contribution in [-0.2, 0) is 40.3 Å². The number of piperidine rings is 2. The van der Waals surface area contributed by atoms with Gasteiger partial charge in [0.2, 0.25) is 11.8 Å². The van der Waals surface area contributed by atoms with Crippen LogP contribution in [0.4, 0.5) is 4.79 Å². The first-order valence-electron chi connectivity index (χ1n) is 19.0. The standard InChI is InChI=1S/C39H60N6O6S2/c1-35(2,3)52(47)43-33-31-27(11-13-29(42-31)50-9)25-39(33)18-22-45(23-19-39)34(46)51-36(4,5)14-15-37(6,7)53(48)44-32-30-26(10-12-28(41-30)49-8)24-38(32)16-20-40-21-17-38/h10-13,32-33,40,43-44H,14-25H2,1-9H3/t32-,33-,52?,53?/m1/s1. The Morgan fingerprint density at radius 1 is 0.811 bits per heavy atom. The molecule has 4 aliphatic rings. The lowest BCUT2D eigenvalue weighted by Crippen LogP contribution is -2.51. The van der Waals surface area contributed by atoms with E-state index in [9.17, 15) is 13.9 Å². The molecule has 2 aromatic heterocycles. The lowest BCUT2D eigenvalue weighted by Gasteiger charge is -2.43. The number of pyridine rings is 2. The molecule has 4 atom stereocenters. The number of aromatic nitrogens is 2.